The van der Waals surface area contributed by atoms with E-state index in [4.69, 9.17) is 18.0 Å². The molecule has 1 aromatic carbocycles. The van der Waals surface area contributed by atoms with E-state index in [0.717, 1.165) is 18.9 Å². The first-order valence-corrected chi connectivity index (χ1v) is 13.8. The zero-order chi connectivity index (χ0) is 29.8. The van der Waals surface area contributed by atoms with Gasteiger partial charge in [-0.05, 0) is 31.4 Å². The van der Waals surface area contributed by atoms with Crippen molar-refractivity contribution in [1.82, 2.24) is 0 Å². The van der Waals surface area contributed by atoms with Gasteiger partial charge < -0.3 is 28.5 Å². The highest BCUT2D eigenvalue weighted by Gasteiger charge is 2.36. The summed E-state index contributed by atoms with van der Waals surface area (Å²) in [6, 6.07) is 10.6. The number of hydrogen-bond acceptors (Lipinski definition) is 8. The molecule has 0 fully saturated rings. The number of hydrogen-bond donors (Lipinski definition) is 1. The van der Waals surface area contributed by atoms with E-state index in [0.29, 0.717) is 31.3 Å². The second kappa shape index (κ2) is 26.7. The van der Waals surface area contributed by atoms with Crippen molar-refractivity contribution in [2.24, 2.45) is 5.73 Å². The Morgan fingerprint density at radius 3 is 1.74 bits per heavy atom. The summed E-state index contributed by atoms with van der Waals surface area (Å²) in [7, 11) is 2.13. The van der Waals surface area contributed by atoms with Gasteiger partial charge >= 0.3 is 20.7 Å². The third-order valence-corrected chi connectivity index (χ3v) is 7.12. The average molecular weight is 552 g/mol. The first-order chi connectivity index (χ1) is 18.0. The highest BCUT2D eigenvalue weighted by atomic mass is 28.4. The molecule has 1 aromatic rings. The molecule has 0 heterocycles. The molecule has 10 heteroatoms. The van der Waals surface area contributed by atoms with E-state index in [-0.39, 0.29) is 11.9 Å². The normalized spacial score (nSPS) is 9.39. The fraction of sp³-hybridized carbons (Fsp3) is 0.393. The predicted octanol–water partition coefficient (Wildman–Crippen LogP) is 4.88. The maximum absolute atomic E-state index is 11.1. The molecule has 0 spiro atoms. The van der Waals surface area contributed by atoms with Gasteiger partial charge in [-0.1, -0.05) is 76.1 Å². The van der Waals surface area contributed by atoms with Gasteiger partial charge in [-0.3, -0.25) is 4.79 Å². The lowest BCUT2D eigenvalue weighted by Crippen LogP contribution is -2.42. The number of esters is 2. The lowest BCUT2D eigenvalue weighted by molar-refractivity contribution is -0.139. The Bertz CT molecular complexity index is 815. The van der Waals surface area contributed by atoms with Crippen LogP contribution in [-0.4, -0.2) is 61.2 Å². The highest BCUT2D eigenvalue weighted by Crippen LogP contribution is 2.15. The van der Waals surface area contributed by atoms with Crippen molar-refractivity contribution < 1.29 is 37.1 Å². The molecule has 0 bridgehead atoms. The summed E-state index contributed by atoms with van der Waals surface area (Å²) in [5.74, 6) is -1.19. The summed E-state index contributed by atoms with van der Waals surface area (Å²) in [5, 5.41) is 0. The van der Waals surface area contributed by atoms with Crippen LogP contribution in [-0.2, 0) is 37.1 Å². The van der Waals surface area contributed by atoms with Crippen LogP contribution in [0.25, 0.3) is 6.08 Å². The highest BCUT2D eigenvalue weighted by molar-refractivity contribution is 6.60. The number of nitrogens with two attached hydrogens (primary N) is 1. The fourth-order valence-electron chi connectivity index (χ4n) is 2.10. The van der Waals surface area contributed by atoms with Gasteiger partial charge in [-0.2, -0.15) is 0 Å². The number of rotatable bonds is 14. The van der Waals surface area contributed by atoms with E-state index in [1.54, 1.807) is 28.3 Å². The van der Waals surface area contributed by atoms with Crippen LogP contribution in [0, 0.1) is 0 Å². The number of amides is 1. The van der Waals surface area contributed by atoms with Crippen molar-refractivity contribution in [2.75, 3.05) is 34.5 Å². The first-order valence-electron chi connectivity index (χ1n) is 11.9. The third kappa shape index (κ3) is 24.4. The minimum absolute atomic E-state index is 0.316. The van der Waals surface area contributed by atoms with Crippen LogP contribution in [0.5, 0.6) is 0 Å². The van der Waals surface area contributed by atoms with E-state index < -0.39 is 14.7 Å². The number of ether oxygens (including phenoxy) is 2. The Morgan fingerprint density at radius 2 is 1.39 bits per heavy atom. The molecule has 0 atom stereocenters. The van der Waals surface area contributed by atoms with Crippen LogP contribution in [0.2, 0.25) is 6.04 Å². The number of primary amides is 1. The summed E-state index contributed by atoms with van der Waals surface area (Å²) in [6.45, 7) is 18.0. The average Bonchev–Trinajstić information content (AvgIpc) is 2.94. The fourth-order valence-corrected chi connectivity index (χ4v) is 3.79. The minimum atomic E-state index is -2.53. The molecule has 0 radical (unpaired) electrons. The second-order valence-corrected chi connectivity index (χ2v) is 10.4. The van der Waals surface area contributed by atoms with Crippen molar-refractivity contribution in [2.45, 2.75) is 39.2 Å². The molecule has 2 N–H and O–H groups in total. The Hall–Kier alpha value is -3.31. The Labute approximate surface area is 229 Å². The van der Waals surface area contributed by atoms with Gasteiger partial charge in [0.2, 0.25) is 5.91 Å². The number of carbonyl (C=O) groups excluding carboxylic acids is 3. The molecule has 1 amide bonds. The maximum Gasteiger partial charge on any atom is 0.500 e. The van der Waals surface area contributed by atoms with E-state index in [9.17, 15) is 14.4 Å². The monoisotopic (exact) mass is 551 g/mol. The van der Waals surface area contributed by atoms with Crippen molar-refractivity contribution in [3.05, 3.63) is 79.9 Å². The van der Waals surface area contributed by atoms with Crippen LogP contribution >= 0.6 is 0 Å². The summed E-state index contributed by atoms with van der Waals surface area (Å²) in [5.41, 5.74) is 6.11. The summed E-state index contributed by atoms with van der Waals surface area (Å²) >= 11 is 0. The van der Waals surface area contributed by atoms with Gasteiger partial charge in [0.05, 0.1) is 13.2 Å². The van der Waals surface area contributed by atoms with E-state index in [2.05, 4.69) is 36.8 Å². The Kier molecular flexibility index (Phi) is 27.6. The number of benzene rings is 1. The number of unbranched alkanes of at least 4 members (excludes halogenated alkanes) is 1. The minimum Gasteiger partial charge on any atom is -0.463 e. The molecule has 0 saturated carbocycles. The molecule has 0 aliphatic rings. The zero-order valence-electron chi connectivity index (χ0n) is 23.5. The SMILES string of the molecule is C=C(C)C(=O)OCCC[Si](OC)(OC)OC.C=CC(=O)OCCCC.C=CC(N)=O.C=Cc1ccccc1. The Morgan fingerprint density at radius 1 is 0.895 bits per heavy atom. The third-order valence-electron chi connectivity index (χ3n) is 4.29. The first kappa shape index (κ1) is 39.2. The molecule has 0 aliphatic heterocycles. The van der Waals surface area contributed by atoms with Gasteiger partial charge in [0.25, 0.3) is 0 Å². The predicted molar refractivity (Wildman–Crippen MR) is 154 cm³/mol. The summed E-state index contributed by atoms with van der Waals surface area (Å²) in [6.07, 6.45) is 6.68. The number of carbonyl (C=O) groups is 3. The lowest BCUT2D eigenvalue weighted by atomic mass is 10.2. The molecular formula is C28H45NO8Si. The summed E-state index contributed by atoms with van der Waals surface area (Å²) < 4.78 is 25.3. The quantitative estimate of drug-likeness (QED) is 0.150. The van der Waals surface area contributed by atoms with Crippen LogP contribution in [0.15, 0.2) is 74.4 Å². The van der Waals surface area contributed by atoms with Gasteiger partial charge in [0.1, 0.15) is 0 Å². The van der Waals surface area contributed by atoms with E-state index in [1.165, 1.54) is 11.6 Å². The molecule has 214 valence electrons. The van der Waals surface area contributed by atoms with E-state index in [1.807, 2.05) is 43.3 Å². The van der Waals surface area contributed by atoms with Crippen LogP contribution in [0.3, 0.4) is 0 Å². The standard InChI is InChI=1S/C10H20O5Si.C8H8.C7H12O2.C3H5NO/c1-9(2)10(11)15-7-6-8-16(12-3,13-4)14-5;1-2-8-6-4-3-5-7-8;1-3-5-6-9-7(8)4-2;1-2-3(4)5/h1,6-8H2,2-5H3;2-7H,1H2;4H,2-3,5-6H2,1H3;2H,1H2,(H2,4,5). The maximum atomic E-state index is 11.1. The van der Waals surface area contributed by atoms with Crippen molar-refractivity contribution >= 4 is 32.7 Å². The smallest absolute Gasteiger partial charge is 0.463 e. The van der Waals surface area contributed by atoms with Gasteiger partial charge in [-0.25, -0.2) is 9.59 Å². The molecule has 1 rings (SSSR count). The lowest BCUT2D eigenvalue weighted by Gasteiger charge is -2.24. The molecule has 0 unspecified atom stereocenters. The summed E-state index contributed by atoms with van der Waals surface area (Å²) in [4.78, 5) is 30.9. The molecule has 0 aliphatic carbocycles. The van der Waals surface area contributed by atoms with Crippen molar-refractivity contribution in [3.8, 4) is 0 Å². The van der Waals surface area contributed by atoms with Gasteiger partial charge in [-0.15, -0.1) is 0 Å². The van der Waals surface area contributed by atoms with Gasteiger partial charge in [0.15, 0.2) is 0 Å². The molecule has 9 nitrogen and oxygen atoms in total. The molecular weight excluding hydrogens is 506 g/mol. The largest absolute Gasteiger partial charge is 0.500 e. The van der Waals surface area contributed by atoms with Crippen molar-refractivity contribution in [3.63, 3.8) is 0 Å². The Balaban J connectivity index is -0.000000471. The second-order valence-electron chi connectivity index (χ2n) is 7.26. The topological polar surface area (TPSA) is 123 Å². The van der Waals surface area contributed by atoms with E-state index >= 15 is 0 Å². The molecule has 0 aromatic heterocycles. The molecule has 38 heavy (non-hydrogen) atoms. The zero-order valence-corrected chi connectivity index (χ0v) is 24.5. The van der Waals surface area contributed by atoms with Crippen LogP contribution in [0.1, 0.15) is 38.7 Å². The molecule has 0 saturated heterocycles. The van der Waals surface area contributed by atoms with Crippen LogP contribution in [0.4, 0.5) is 0 Å². The van der Waals surface area contributed by atoms with Gasteiger partial charge in [0, 0.05) is 39.0 Å². The van der Waals surface area contributed by atoms with Crippen molar-refractivity contribution in [1.29, 1.82) is 0 Å². The van der Waals surface area contributed by atoms with Crippen LogP contribution < -0.4 is 5.73 Å².